The van der Waals surface area contributed by atoms with Crippen LogP contribution in [0.15, 0.2) is 34.9 Å². The minimum atomic E-state index is 0.00318. The molecule has 140 valence electrons. The number of nitrogens with one attached hydrogen (secondary N) is 1. The monoisotopic (exact) mass is 374 g/mol. The second-order valence-corrected chi connectivity index (χ2v) is 7.77. The Hall–Kier alpha value is -2.35. The largest absolute Gasteiger partial charge is 0.351 e. The van der Waals surface area contributed by atoms with Gasteiger partial charge in [-0.1, -0.05) is 6.07 Å². The van der Waals surface area contributed by atoms with Gasteiger partial charge in [-0.2, -0.15) is 5.10 Å². The summed E-state index contributed by atoms with van der Waals surface area (Å²) in [5.74, 6) is 1.26. The Bertz CT molecular complexity index is 752. The second kappa shape index (κ2) is 8.35. The molecule has 1 amide bonds. The molecule has 7 nitrogen and oxygen atoms in total. The molecule has 1 aliphatic rings. The summed E-state index contributed by atoms with van der Waals surface area (Å²) in [6.07, 6.45) is 5.09. The summed E-state index contributed by atoms with van der Waals surface area (Å²) in [6, 6.07) is 4.14. The van der Waals surface area contributed by atoms with Gasteiger partial charge in [0.25, 0.3) is 0 Å². The number of guanidine groups is 1. The maximum atomic E-state index is 11.9. The molecule has 0 saturated carbocycles. The minimum absolute atomic E-state index is 0.00318. The van der Waals surface area contributed by atoms with E-state index in [0.717, 1.165) is 32.0 Å². The number of carbonyl (C=O) groups is 1. The van der Waals surface area contributed by atoms with E-state index in [-0.39, 0.29) is 12.5 Å². The van der Waals surface area contributed by atoms with Crippen molar-refractivity contribution in [1.29, 1.82) is 0 Å². The molecule has 1 aliphatic heterocycles. The number of aromatic nitrogens is 2. The molecular weight excluding hydrogens is 348 g/mol. The van der Waals surface area contributed by atoms with E-state index in [4.69, 9.17) is 0 Å². The van der Waals surface area contributed by atoms with Crippen molar-refractivity contribution < 1.29 is 4.79 Å². The van der Waals surface area contributed by atoms with Crippen molar-refractivity contribution in [3.05, 3.63) is 40.3 Å². The predicted octanol–water partition coefficient (Wildman–Crippen LogP) is 1.50. The maximum absolute atomic E-state index is 11.9. The molecule has 3 heterocycles. The molecule has 2 aromatic rings. The molecule has 0 bridgehead atoms. The van der Waals surface area contributed by atoms with Gasteiger partial charge in [0.05, 0.1) is 12.7 Å². The molecule has 0 aliphatic carbocycles. The van der Waals surface area contributed by atoms with Crippen LogP contribution in [0.5, 0.6) is 0 Å². The first-order chi connectivity index (χ1) is 12.5. The van der Waals surface area contributed by atoms with Crippen LogP contribution in [0.3, 0.4) is 0 Å². The molecule has 0 aromatic carbocycles. The highest BCUT2D eigenvalue weighted by molar-refractivity contribution is 7.09. The van der Waals surface area contributed by atoms with Crippen molar-refractivity contribution >= 4 is 23.2 Å². The van der Waals surface area contributed by atoms with E-state index in [0.29, 0.717) is 5.92 Å². The van der Waals surface area contributed by atoms with E-state index < -0.39 is 0 Å². The van der Waals surface area contributed by atoms with Gasteiger partial charge in [-0.05, 0) is 23.4 Å². The van der Waals surface area contributed by atoms with Crippen LogP contribution in [0.1, 0.15) is 22.8 Å². The van der Waals surface area contributed by atoms with Gasteiger partial charge in [-0.25, -0.2) is 4.99 Å². The molecule has 1 atom stereocenters. The SMILES string of the molecule is CN(C)C(=O)CN=C(NCc1cccs1)N1CCC(c2cnn(C)c2)C1. The van der Waals surface area contributed by atoms with Crippen LogP contribution in [0.2, 0.25) is 0 Å². The Morgan fingerprint density at radius 1 is 1.50 bits per heavy atom. The van der Waals surface area contributed by atoms with E-state index in [1.54, 1.807) is 30.3 Å². The highest BCUT2D eigenvalue weighted by Gasteiger charge is 2.27. The van der Waals surface area contributed by atoms with Crippen molar-refractivity contribution in [1.82, 2.24) is 24.9 Å². The molecule has 26 heavy (non-hydrogen) atoms. The minimum Gasteiger partial charge on any atom is -0.351 e. The summed E-state index contributed by atoms with van der Waals surface area (Å²) in [5, 5.41) is 9.78. The number of nitrogens with zero attached hydrogens (tertiary/aromatic N) is 5. The summed E-state index contributed by atoms with van der Waals surface area (Å²) < 4.78 is 1.85. The topological polar surface area (TPSA) is 65.8 Å². The van der Waals surface area contributed by atoms with Crippen molar-refractivity contribution in [3.8, 4) is 0 Å². The fourth-order valence-electron chi connectivity index (χ4n) is 3.01. The van der Waals surface area contributed by atoms with Gasteiger partial charge >= 0.3 is 0 Å². The summed E-state index contributed by atoms with van der Waals surface area (Å²) >= 11 is 1.71. The number of likely N-dealkylation sites (tertiary alicyclic amines) is 1. The first-order valence-electron chi connectivity index (χ1n) is 8.77. The molecule has 1 saturated heterocycles. The van der Waals surface area contributed by atoms with Crippen LogP contribution in [0, 0.1) is 0 Å². The van der Waals surface area contributed by atoms with Crippen molar-refractivity contribution in [2.75, 3.05) is 33.7 Å². The summed E-state index contributed by atoms with van der Waals surface area (Å²) in [7, 11) is 5.45. The van der Waals surface area contributed by atoms with Crippen LogP contribution < -0.4 is 5.32 Å². The fraction of sp³-hybridized carbons (Fsp3) is 0.500. The number of amides is 1. The lowest BCUT2D eigenvalue weighted by atomic mass is 10.0. The van der Waals surface area contributed by atoms with Crippen LogP contribution in [-0.2, 0) is 18.4 Å². The Morgan fingerprint density at radius 2 is 2.35 bits per heavy atom. The first-order valence-corrected chi connectivity index (χ1v) is 9.65. The van der Waals surface area contributed by atoms with Crippen LogP contribution >= 0.6 is 11.3 Å². The summed E-state index contributed by atoms with van der Waals surface area (Å²) in [6.45, 7) is 2.69. The lowest BCUT2D eigenvalue weighted by Crippen LogP contribution is -2.40. The third kappa shape index (κ3) is 4.63. The Labute approximate surface area is 158 Å². The van der Waals surface area contributed by atoms with E-state index in [2.05, 4.69) is 38.0 Å². The number of hydrogen-bond acceptors (Lipinski definition) is 4. The fourth-order valence-corrected chi connectivity index (χ4v) is 3.65. The average Bonchev–Trinajstić information content (AvgIpc) is 3.35. The molecule has 3 rings (SSSR count). The molecule has 8 heteroatoms. The zero-order valence-corrected chi connectivity index (χ0v) is 16.4. The van der Waals surface area contributed by atoms with Gasteiger partial charge in [0, 0.05) is 51.2 Å². The molecule has 1 N–H and O–H groups in total. The number of carbonyl (C=O) groups excluding carboxylic acids is 1. The Kier molecular flexibility index (Phi) is 5.92. The summed E-state index contributed by atoms with van der Waals surface area (Å²) in [4.78, 5) is 21.6. The number of hydrogen-bond donors (Lipinski definition) is 1. The van der Waals surface area contributed by atoms with Gasteiger partial charge in [-0.15, -0.1) is 11.3 Å². The highest BCUT2D eigenvalue weighted by atomic mass is 32.1. The maximum Gasteiger partial charge on any atom is 0.243 e. The molecule has 0 radical (unpaired) electrons. The van der Waals surface area contributed by atoms with Gasteiger partial charge in [0.1, 0.15) is 6.54 Å². The average molecular weight is 375 g/mol. The van der Waals surface area contributed by atoms with E-state index in [1.165, 1.54) is 10.4 Å². The predicted molar refractivity (Wildman–Crippen MR) is 104 cm³/mol. The van der Waals surface area contributed by atoms with Crippen LogP contribution in [-0.4, -0.2) is 65.2 Å². The standard InChI is InChI=1S/C18H26N6OS/c1-22(2)17(25)11-20-18(19-10-16-5-4-8-26-16)24-7-6-14(13-24)15-9-21-23(3)12-15/h4-5,8-9,12,14H,6-7,10-11,13H2,1-3H3,(H,19,20). The van der Waals surface area contributed by atoms with E-state index in [1.807, 2.05) is 24.0 Å². The molecule has 1 fully saturated rings. The zero-order valence-electron chi connectivity index (χ0n) is 15.6. The number of aliphatic imine (C=N–C) groups is 1. The van der Waals surface area contributed by atoms with Crippen LogP contribution in [0.25, 0.3) is 0 Å². The zero-order chi connectivity index (χ0) is 18.5. The number of rotatable bonds is 5. The first kappa shape index (κ1) is 18.4. The smallest absolute Gasteiger partial charge is 0.243 e. The highest BCUT2D eigenvalue weighted by Crippen LogP contribution is 2.26. The van der Waals surface area contributed by atoms with E-state index >= 15 is 0 Å². The van der Waals surface area contributed by atoms with Gasteiger partial charge in [-0.3, -0.25) is 9.48 Å². The number of likely N-dealkylation sites (N-methyl/N-ethyl adjacent to an activating group) is 1. The van der Waals surface area contributed by atoms with Crippen LogP contribution in [0.4, 0.5) is 0 Å². The second-order valence-electron chi connectivity index (χ2n) is 6.74. The molecule has 0 spiro atoms. The van der Waals surface area contributed by atoms with Crippen molar-refractivity contribution in [2.24, 2.45) is 12.0 Å². The van der Waals surface area contributed by atoms with Crippen molar-refractivity contribution in [3.63, 3.8) is 0 Å². The molecule has 1 unspecified atom stereocenters. The summed E-state index contributed by atoms with van der Waals surface area (Å²) in [5.41, 5.74) is 1.26. The normalized spacial score (nSPS) is 17.6. The number of aryl methyl sites for hydroxylation is 1. The lowest BCUT2D eigenvalue weighted by Gasteiger charge is -2.22. The molecule has 2 aromatic heterocycles. The van der Waals surface area contributed by atoms with Gasteiger partial charge in [0.2, 0.25) is 5.91 Å². The third-order valence-corrected chi connectivity index (χ3v) is 5.42. The Balaban J connectivity index is 1.67. The van der Waals surface area contributed by atoms with Gasteiger partial charge in [0.15, 0.2) is 5.96 Å². The van der Waals surface area contributed by atoms with Crippen molar-refractivity contribution in [2.45, 2.75) is 18.9 Å². The molecular formula is C18H26N6OS. The lowest BCUT2D eigenvalue weighted by molar-refractivity contribution is -0.127. The van der Waals surface area contributed by atoms with E-state index in [9.17, 15) is 4.79 Å². The third-order valence-electron chi connectivity index (χ3n) is 4.55. The van der Waals surface area contributed by atoms with Gasteiger partial charge < -0.3 is 15.1 Å². The Morgan fingerprint density at radius 3 is 3.00 bits per heavy atom. The quantitative estimate of drug-likeness (QED) is 0.636. The number of thiophene rings is 1.